The predicted molar refractivity (Wildman–Crippen MR) is 85.7 cm³/mol. The largest absolute Gasteiger partial charge is 0.399 e. The summed E-state index contributed by atoms with van der Waals surface area (Å²) in [6.45, 7) is 0.618. The van der Waals surface area contributed by atoms with Crippen LogP contribution >= 0.6 is 15.9 Å². The highest BCUT2D eigenvalue weighted by Crippen LogP contribution is 2.21. The number of halogens is 1. The molecular weight excluding hydrogens is 318 g/mol. The van der Waals surface area contributed by atoms with Gasteiger partial charge in [0.25, 0.3) is 5.91 Å². The molecule has 2 aromatic carbocycles. The highest BCUT2D eigenvalue weighted by atomic mass is 79.9. The van der Waals surface area contributed by atoms with Gasteiger partial charge in [-0.3, -0.25) is 4.79 Å². The van der Waals surface area contributed by atoms with Crippen molar-refractivity contribution in [3.8, 4) is 0 Å². The van der Waals surface area contributed by atoms with Gasteiger partial charge in [-0.05, 0) is 35.9 Å². The Kier molecular flexibility index (Phi) is 4.63. The van der Waals surface area contributed by atoms with E-state index in [1.165, 1.54) is 0 Å². The van der Waals surface area contributed by atoms with Crippen molar-refractivity contribution >= 4 is 33.2 Å². The monoisotopic (exact) mass is 333 g/mol. The van der Waals surface area contributed by atoms with Crippen LogP contribution in [-0.4, -0.2) is 13.0 Å². The van der Waals surface area contributed by atoms with E-state index in [2.05, 4.69) is 26.6 Å². The van der Waals surface area contributed by atoms with Crippen molar-refractivity contribution in [2.24, 2.45) is 0 Å². The molecule has 0 heterocycles. The third-order valence-electron chi connectivity index (χ3n) is 2.89. The van der Waals surface area contributed by atoms with Crippen LogP contribution in [0.5, 0.6) is 0 Å². The lowest BCUT2D eigenvalue weighted by atomic mass is 10.1. The first-order valence-electron chi connectivity index (χ1n) is 6.20. The van der Waals surface area contributed by atoms with Crippen LogP contribution in [0.25, 0.3) is 0 Å². The average molecular weight is 334 g/mol. The molecule has 104 valence electrons. The number of rotatable bonds is 4. The van der Waals surface area contributed by atoms with Crippen LogP contribution in [0.1, 0.15) is 15.9 Å². The van der Waals surface area contributed by atoms with Crippen LogP contribution in [0.15, 0.2) is 46.9 Å². The SMILES string of the molecule is CNC(=O)c1ccc(N)cc1NCc1cccc(Br)c1. The van der Waals surface area contributed by atoms with Gasteiger partial charge in [0.2, 0.25) is 0 Å². The van der Waals surface area contributed by atoms with E-state index in [4.69, 9.17) is 5.73 Å². The summed E-state index contributed by atoms with van der Waals surface area (Å²) in [6.07, 6.45) is 0. The van der Waals surface area contributed by atoms with Gasteiger partial charge in [0.15, 0.2) is 0 Å². The minimum Gasteiger partial charge on any atom is -0.399 e. The van der Waals surface area contributed by atoms with Gasteiger partial charge in [-0.2, -0.15) is 0 Å². The zero-order valence-corrected chi connectivity index (χ0v) is 12.7. The van der Waals surface area contributed by atoms with E-state index in [0.717, 1.165) is 15.7 Å². The third kappa shape index (κ3) is 3.51. The second kappa shape index (κ2) is 6.43. The summed E-state index contributed by atoms with van der Waals surface area (Å²) in [7, 11) is 1.61. The minimum atomic E-state index is -0.137. The van der Waals surface area contributed by atoms with Crippen molar-refractivity contribution in [1.29, 1.82) is 0 Å². The van der Waals surface area contributed by atoms with Gasteiger partial charge in [-0.1, -0.05) is 28.1 Å². The first-order chi connectivity index (χ1) is 9.60. The van der Waals surface area contributed by atoms with E-state index in [1.54, 1.807) is 25.2 Å². The van der Waals surface area contributed by atoms with Gasteiger partial charge >= 0.3 is 0 Å². The second-order valence-corrected chi connectivity index (χ2v) is 5.28. The molecule has 0 aromatic heterocycles. The van der Waals surface area contributed by atoms with Crippen LogP contribution in [0.4, 0.5) is 11.4 Å². The number of benzene rings is 2. The van der Waals surface area contributed by atoms with Gasteiger partial charge < -0.3 is 16.4 Å². The average Bonchev–Trinajstić information content (AvgIpc) is 2.44. The van der Waals surface area contributed by atoms with Crippen molar-refractivity contribution < 1.29 is 4.79 Å². The standard InChI is InChI=1S/C15H16BrN3O/c1-18-15(20)13-6-5-12(17)8-14(13)19-9-10-3-2-4-11(16)7-10/h2-8,19H,9,17H2,1H3,(H,18,20). The van der Waals surface area contributed by atoms with E-state index in [9.17, 15) is 4.79 Å². The lowest BCUT2D eigenvalue weighted by Crippen LogP contribution is -2.19. The Balaban J connectivity index is 2.20. The predicted octanol–water partition coefficient (Wildman–Crippen LogP) is 3.00. The van der Waals surface area contributed by atoms with E-state index in [-0.39, 0.29) is 5.91 Å². The molecule has 0 aliphatic carbocycles. The number of carbonyl (C=O) groups is 1. The minimum absolute atomic E-state index is 0.137. The molecule has 4 nitrogen and oxygen atoms in total. The van der Waals surface area contributed by atoms with E-state index in [1.807, 2.05) is 24.3 Å². The molecule has 0 saturated carbocycles. The molecule has 0 fully saturated rings. The Morgan fingerprint density at radius 1 is 1.25 bits per heavy atom. The number of hydrogen-bond acceptors (Lipinski definition) is 3. The number of hydrogen-bond donors (Lipinski definition) is 3. The van der Waals surface area contributed by atoms with Crippen LogP contribution in [0.3, 0.4) is 0 Å². The summed E-state index contributed by atoms with van der Waals surface area (Å²) >= 11 is 3.44. The highest BCUT2D eigenvalue weighted by molar-refractivity contribution is 9.10. The fourth-order valence-electron chi connectivity index (χ4n) is 1.89. The summed E-state index contributed by atoms with van der Waals surface area (Å²) in [4.78, 5) is 11.8. The molecule has 0 aliphatic rings. The van der Waals surface area contributed by atoms with Crippen LogP contribution < -0.4 is 16.4 Å². The molecule has 0 spiro atoms. The van der Waals surface area contributed by atoms with Crippen molar-refractivity contribution in [2.75, 3.05) is 18.1 Å². The van der Waals surface area contributed by atoms with Gasteiger partial charge in [0.05, 0.1) is 5.56 Å². The fourth-order valence-corrected chi connectivity index (χ4v) is 2.33. The summed E-state index contributed by atoms with van der Waals surface area (Å²) in [5.41, 5.74) is 8.82. The van der Waals surface area contributed by atoms with E-state index < -0.39 is 0 Å². The van der Waals surface area contributed by atoms with Crippen molar-refractivity contribution in [3.63, 3.8) is 0 Å². The fraction of sp³-hybridized carbons (Fsp3) is 0.133. The summed E-state index contributed by atoms with van der Waals surface area (Å²) < 4.78 is 1.02. The molecule has 0 aliphatic heterocycles. The zero-order chi connectivity index (χ0) is 14.5. The maximum absolute atomic E-state index is 11.8. The smallest absolute Gasteiger partial charge is 0.253 e. The molecule has 0 saturated heterocycles. The van der Waals surface area contributed by atoms with Crippen molar-refractivity contribution in [3.05, 3.63) is 58.1 Å². The molecule has 0 bridgehead atoms. The Labute approximate surface area is 126 Å². The molecule has 5 heteroatoms. The summed E-state index contributed by atoms with van der Waals surface area (Å²) in [5, 5.41) is 5.87. The number of amides is 1. The van der Waals surface area contributed by atoms with E-state index in [0.29, 0.717) is 17.8 Å². The maximum atomic E-state index is 11.8. The summed E-state index contributed by atoms with van der Waals surface area (Å²) in [5.74, 6) is -0.137. The first kappa shape index (κ1) is 14.4. The number of nitrogen functional groups attached to an aromatic ring is 1. The van der Waals surface area contributed by atoms with Crippen molar-refractivity contribution in [2.45, 2.75) is 6.54 Å². The van der Waals surface area contributed by atoms with Crippen molar-refractivity contribution in [1.82, 2.24) is 5.32 Å². The Bertz CT molecular complexity index is 628. The Morgan fingerprint density at radius 3 is 2.75 bits per heavy atom. The van der Waals surface area contributed by atoms with Crippen LogP contribution in [-0.2, 0) is 6.54 Å². The Hall–Kier alpha value is -2.01. The van der Waals surface area contributed by atoms with Gasteiger partial charge in [-0.25, -0.2) is 0 Å². The molecule has 2 aromatic rings. The first-order valence-corrected chi connectivity index (χ1v) is 6.99. The molecule has 20 heavy (non-hydrogen) atoms. The lowest BCUT2D eigenvalue weighted by molar-refractivity contribution is 0.0964. The highest BCUT2D eigenvalue weighted by Gasteiger charge is 2.10. The second-order valence-electron chi connectivity index (χ2n) is 4.37. The third-order valence-corrected chi connectivity index (χ3v) is 3.38. The normalized spacial score (nSPS) is 10.1. The van der Waals surface area contributed by atoms with Crippen LogP contribution in [0, 0.1) is 0 Å². The maximum Gasteiger partial charge on any atom is 0.253 e. The molecule has 2 rings (SSSR count). The number of nitrogens with two attached hydrogens (primary N) is 1. The van der Waals surface area contributed by atoms with Gasteiger partial charge in [0.1, 0.15) is 0 Å². The number of nitrogens with one attached hydrogen (secondary N) is 2. The molecular formula is C15H16BrN3O. The molecule has 1 amide bonds. The van der Waals surface area contributed by atoms with E-state index >= 15 is 0 Å². The van der Waals surface area contributed by atoms with Gasteiger partial charge in [0, 0.05) is 29.4 Å². The van der Waals surface area contributed by atoms with Gasteiger partial charge in [-0.15, -0.1) is 0 Å². The molecule has 0 atom stereocenters. The molecule has 0 radical (unpaired) electrons. The number of anilines is 2. The lowest BCUT2D eigenvalue weighted by Gasteiger charge is -2.12. The topological polar surface area (TPSA) is 67.2 Å². The Morgan fingerprint density at radius 2 is 2.05 bits per heavy atom. The molecule has 0 unspecified atom stereocenters. The molecule has 4 N–H and O–H groups in total. The quantitative estimate of drug-likeness (QED) is 0.753. The summed E-state index contributed by atoms with van der Waals surface area (Å²) in [6, 6.07) is 13.2. The van der Waals surface area contributed by atoms with Crippen LogP contribution in [0.2, 0.25) is 0 Å². The zero-order valence-electron chi connectivity index (χ0n) is 11.1. The number of carbonyl (C=O) groups excluding carboxylic acids is 1.